The largest absolute Gasteiger partial charge is 0.497 e. The zero-order valence-electron chi connectivity index (χ0n) is 16.6. The van der Waals surface area contributed by atoms with Crippen LogP contribution >= 0.6 is 0 Å². The molecule has 168 valence electrons. The molecule has 0 spiro atoms. The number of carbonyl (C=O) groups is 2. The van der Waals surface area contributed by atoms with Gasteiger partial charge in [-0.3, -0.25) is 0 Å². The second-order valence-electron chi connectivity index (χ2n) is 6.14. The Kier molecular flexibility index (Phi) is 9.70. The molecule has 3 aromatic carbocycles. The van der Waals surface area contributed by atoms with Gasteiger partial charge in [0.1, 0.15) is 23.0 Å². The molecule has 0 radical (unpaired) electrons. The number of rotatable bonds is 7. The summed E-state index contributed by atoms with van der Waals surface area (Å²) in [6, 6.07) is 17.8. The zero-order chi connectivity index (χ0) is 21.5. The second kappa shape index (κ2) is 12.0. The number of hydrogen-bond acceptors (Lipinski definition) is 6. The lowest BCUT2D eigenvalue weighted by molar-refractivity contribution is 0.0720. The summed E-state index contributed by atoms with van der Waals surface area (Å²) in [6.45, 7) is 3.72. The quantitative estimate of drug-likeness (QED) is 0.331. The molecule has 6 heteroatoms. The predicted molar refractivity (Wildman–Crippen MR) is 126 cm³/mol. The molecule has 0 amide bonds. The van der Waals surface area contributed by atoms with E-state index in [1.54, 1.807) is 62.8 Å². The Hall–Kier alpha value is -4.06. The van der Waals surface area contributed by atoms with E-state index in [-0.39, 0.29) is 26.0 Å². The molecule has 6 nitrogen and oxygen atoms in total. The first-order chi connectivity index (χ1) is 14.5. The molecule has 0 saturated carbocycles. The van der Waals surface area contributed by atoms with Crippen LogP contribution in [-0.4, -0.2) is 26.2 Å². The zero-order valence-corrected chi connectivity index (χ0v) is 16.6. The van der Waals surface area contributed by atoms with Crippen molar-refractivity contribution in [3.8, 4) is 23.0 Å². The molecule has 0 aliphatic rings. The van der Waals surface area contributed by atoms with E-state index >= 15 is 0 Å². The van der Waals surface area contributed by atoms with Gasteiger partial charge in [-0.2, -0.15) is 0 Å². The number of methoxy groups -OCH3 is 2. The average Bonchev–Trinajstić information content (AvgIpc) is 2.79. The van der Waals surface area contributed by atoms with E-state index in [0.29, 0.717) is 28.6 Å². The van der Waals surface area contributed by atoms with Gasteiger partial charge in [0.2, 0.25) is 0 Å². The topological polar surface area (TPSA) is 71.1 Å². The fourth-order valence-electron chi connectivity index (χ4n) is 2.66. The van der Waals surface area contributed by atoms with Crippen LogP contribution in [0.2, 0.25) is 0 Å². The van der Waals surface area contributed by atoms with Crippen molar-refractivity contribution in [3.05, 3.63) is 90.0 Å². The van der Waals surface area contributed by atoms with Gasteiger partial charge in [-0.05, 0) is 72.3 Å². The minimum atomic E-state index is -0.565. The van der Waals surface area contributed by atoms with E-state index < -0.39 is 11.9 Å². The van der Waals surface area contributed by atoms with Crippen LogP contribution in [0.1, 0.15) is 41.1 Å². The van der Waals surface area contributed by atoms with E-state index in [4.69, 9.17) is 18.9 Å². The molecule has 3 rings (SSSR count). The highest BCUT2D eigenvalue weighted by molar-refractivity contribution is 5.98. The van der Waals surface area contributed by atoms with Crippen molar-refractivity contribution in [1.29, 1.82) is 0 Å². The summed E-state index contributed by atoms with van der Waals surface area (Å²) in [6.07, 6.45) is 1.48. The SMILES string of the molecule is C.C.C=Cc1cc(C(=O)Oc2ccc(OC)cc2)ccc1C(=O)Oc1ccc(OC)cc1. The Labute approximate surface area is 189 Å². The van der Waals surface area contributed by atoms with Crippen LogP contribution in [0.25, 0.3) is 6.08 Å². The standard InChI is InChI=1S/C24H20O6.2CH4/c1-4-16-15-17(23(25)29-20-10-6-18(27-2)7-11-20)5-14-22(16)24(26)30-21-12-8-19(28-3)9-13-21;;/h4-15H,1H2,2-3H3;2*1H4. The average molecular weight is 437 g/mol. The minimum absolute atomic E-state index is 0. The van der Waals surface area contributed by atoms with Crippen molar-refractivity contribution >= 4 is 18.0 Å². The van der Waals surface area contributed by atoms with Gasteiger partial charge in [-0.25, -0.2) is 9.59 Å². The van der Waals surface area contributed by atoms with E-state index in [1.165, 1.54) is 24.3 Å². The molecule has 0 fully saturated rings. The molecule has 0 aromatic heterocycles. The second-order valence-corrected chi connectivity index (χ2v) is 6.14. The first-order valence-electron chi connectivity index (χ1n) is 9.03. The minimum Gasteiger partial charge on any atom is -0.497 e. The van der Waals surface area contributed by atoms with Crippen LogP contribution in [0.5, 0.6) is 23.0 Å². The maximum atomic E-state index is 12.6. The molecule has 0 bridgehead atoms. The van der Waals surface area contributed by atoms with E-state index in [9.17, 15) is 9.59 Å². The number of benzene rings is 3. The molecule has 0 aliphatic heterocycles. The summed E-state index contributed by atoms with van der Waals surface area (Å²) >= 11 is 0. The molecule has 0 aliphatic carbocycles. The molecular formula is C26H28O6. The van der Waals surface area contributed by atoms with Crippen molar-refractivity contribution in [3.63, 3.8) is 0 Å². The lowest BCUT2D eigenvalue weighted by Gasteiger charge is -2.10. The highest BCUT2D eigenvalue weighted by Gasteiger charge is 2.16. The summed E-state index contributed by atoms with van der Waals surface area (Å²) in [5, 5.41) is 0. The Morgan fingerprint density at radius 3 is 1.56 bits per heavy atom. The van der Waals surface area contributed by atoms with Gasteiger partial charge >= 0.3 is 11.9 Å². The molecule has 3 aromatic rings. The van der Waals surface area contributed by atoms with E-state index in [2.05, 4.69) is 6.58 Å². The summed E-state index contributed by atoms with van der Waals surface area (Å²) in [5.41, 5.74) is 1.02. The third-order valence-corrected chi connectivity index (χ3v) is 4.27. The molecule has 0 atom stereocenters. The van der Waals surface area contributed by atoms with Crippen LogP contribution in [0.4, 0.5) is 0 Å². The van der Waals surface area contributed by atoms with Crippen molar-refractivity contribution in [2.45, 2.75) is 14.9 Å². The lowest BCUT2D eigenvalue weighted by Crippen LogP contribution is -2.13. The normalized spacial score (nSPS) is 9.44. The Bertz CT molecular complexity index is 1050. The van der Waals surface area contributed by atoms with Crippen LogP contribution < -0.4 is 18.9 Å². The Balaban J connectivity index is 0.00000256. The van der Waals surface area contributed by atoms with Crippen LogP contribution in [0.15, 0.2) is 73.3 Å². The van der Waals surface area contributed by atoms with Crippen molar-refractivity contribution < 1.29 is 28.5 Å². The van der Waals surface area contributed by atoms with Gasteiger partial charge in [0.15, 0.2) is 0 Å². The number of carbonyl (C=O) groups excluding carboxylic acids is 2. The molecule has 0 saturated heterocycles. The molecule has 0 N–H and O–H groups in total. The van der Waals surface area contributed by atoms with Crippen LogP contribution in [-0.2, 0) is 0 Å². The third-order valence-electron chi connectivity index (χ3n) is 4.27. The highest BCUT2D eigenvalue weighted by Crippen LogP contribution is 2.22. The van der Waals surface area contributed by atoms with Crippen LogP contribution in [0.3, 0.4) is 0 Å². The number of hydrogen-bond donors (Lipinski definition) is 0. The maximum absolute atomic E-state index is 12.6. The summed E-state index contributed by atoms with van der Waals surface area (Å²) < 4.78 is 20.9. The van der Waals surface area contributed by atoms with Crippen molar-refractivity contribution in [2.24, 2.45) is 0 Å². The molecule has 32 heavy (non-hydrogen) atoms. The van der Waals surface area contributed by atoms with E-state index in [0.717, 1.165) is 0 Å². The van der Waals surface area contributed by atoms with Gasteiger partial charge in [0, 0.05) is 0 Å². The Morgan fingerprint density at radius 1 is 0.688 bits per heavy atom. The fourth-order valence-corrected chi connectivity index (χ4v) is 2.66. The van der Waals surface area contributed by atoms with Gasteiger partial charge in [-0.1, -0.05) is 27.5 Å². The lowest BCUT2D eigenvalue weighted by atomic mass is 10.0. The predicted octanol–water partition coefficient (Wildman–Crippen LogP) is 6.06. The summed E-state index contributed by atoms with van der Waals surface area (Å²) in [7, 11) is 3.11. The fraction of sp³-hybridized carbons (Fsp3) is 0.154. The van der Waals surface area contributed by atoms with Gasteiger partial charge in [0.25, 0.3) is 0 Å². The third kappa shape index (κ3) is 6.22. The van der Waals surface area contributed by atoms with Crippen molar-refractivity contribution in [1.82, 2.24) is 0 Å². The Morgan fingerprint density at radius 2 is 1.12 bits per heavy atom. The summed E-state index contributed by atoms with van der Waals surface area (Å²) in [4.78, 5) is 25.0. The summed E-state index contributed by atoms with van der Waals surface area (Å²) in [5.74, 6) is 0.941. The number of esters is 2. The maximum Gasteiger partial charge on any atom is 0.344 e. The first-order valence-corrected chi connectivity index (χ1v) is 9.03. The van der Waals surface area contributed by atoms with Gasteiger partial charge < -0.3 is 18.9 Å². The molecule has 0 unspecified atom stereocenters. The van der Waals surface area contributed by atoms with E-state index in [1.807, 2.05) is 0 Å². The first kappa shape index (κ1) is 26.0. The monoisotopic (exact) mass is 436 g/mol. The smallest absolute Gasteiger partial charge is 0.344 e. The molecule has 0 heterocycles. The number of ether oxygens (including phenoxy) is 4. The van der Waals surface area contributed by atoms with Gasteiger partial charge in [0.05, 0.1) is 25.3 Å². The molecular weight excluding hydrogens is 408 g/mol. The van der Waals surface area contributed by atoms with Crippen LogP contribution in [0, 0.1) is 0 Å². The van der Waals surface area contributed by atoms with Gasteiger partial charge in [-0.15, -0.1) is 0 Å². The highest BCUT2D eigenvalue weighted by atomic mass is 16.5. The van der Waals surface area contributed by atoms with Crippen molar-refractivity contribution in [2.75, 3.05) is 14.2 Å².